The topological polar surface area (TPSA) is 21.3 Å². The largest absolute Gasteiger partial charge is 0.384 e. The lowest BCUT2D eigenvalue weighted by molar-refractivity contribution is -0.0381. The van der Waals surface area contributed by atoms with Crippen LogP contribution < -0.4 is 5.32 Å². The summed E-state index contributed by atoms with van der Waals surface area (Å²) in [4.78, 5) is 0. The zero-order valence-corrected chi connectivity index (χ0v) is 13.4. The van der Waals surface area contributed by atoms with Gasteiger partial charge in [-0.25, -0.2) is 0 Å². The molecule has 2 unspecified atom stereocenters. The fraction of sp³-hybridized carbons (Fsp3) is 0.368. The summed E-state index contributed by atoms with van der Waals surface area (Å²) in [7, 11) is 0. The van der Waals surface area contributed by atoms with Crippen molar-refractivity contribution in [1.82, 2.24) is 0 Å². The number of nitrogens with one attached hydrogen (secondary N) is 1. The fourth-order valence-electron chi connectivity index (χ4n) is 3.87. The maximum atomic E-state index is 6.17. The fourth-order valence-corrected chi connectivity index (χ4v) is 4.00. The summed E-state index contributed by atoms with van der Waals surface area (Å²) in [6, 6.07) is 14.9. The van der Waals surface area contributed by atoms with Gasteiger partial charge < -0.3 is 10.1 Å². The molecule has 1 N–H and O–H groups in total. The number of rotatable bonds is 1. The lowest BCUT2D eigenvalue weighted by Gasteiger charge is -2.43. The average Bonchev–Trinajstić information content (AvgIpc) is 2.55. The first-order chi connectivity index (χ1) is 10.7. The van der Waals surface area contributed by atoms with Crippen molar-refractivity contribution in [3.05, 3.63) is 64.2 Å². The van der Waals surface area contributed by atoms with Crippen LogP contribution in [0.25, 0.3) is 0 Å². The van der Waals surface area contributed by atoms with E-state index in [0.717, 1.165) is 24.6 Å². The molecule has 2 heterocycles. The molecule has 4 rings (SSSR count). The third-order valence-electron chi connectivity index (χ3n) is 4.97. The Labute approximate surface area is 136 Å². The molecule has 114 valence electrons. The first kappa shape index (κ1) is 14.1. The molecule has 2 aliphatic rings. The molecule has 2 aromatic rings. The molecule has 22 heavy (non-hydrogen) atoms. The van der Waals surface area contributed by atoms with Crippen LogP contribution in [0.4, 0.5) is 5.69 Å². The van der Waals surface area contributed by atoms with Gasteiger partial charge in [-0.2, -0.15) is 0 Å². The number of ether oxygens (including phenoxy) is 1. The van der Waals surface area contributed by atoms with Crippen molar-refractivity contribution in [2.75, 3.05) is 18.5 Å². The number of benzene rings is 2. The van der Waals surface area contributed by atoms with Crippen LogP contribution in [-0.2, 0) is 4.74 Å². The molecule has 0 aromatic heterocycles. The number of aryl methyl sites for hydroxylation is 1. The smallest absolute Gasteiger partial charge is 0.0895 e. The minimum Gasteiger partial charge on any atom is -0.384 e. The summed E-state index contributed by atoms with van der Waals surface area (Å²) in [5.74, 6) is 1.00. The van der Waals surface area contributed by atoms with E-state index >= 15 is 0 Å². The molecule has 2 aliphatic heterocycles. The highest BCUT2D eigenvalue weighted by Crippen LogP contribution is 2.47. The second kappa shape index (κ2) is 5.60. The molecule has 1 saturated heterocycles. The SMILES string of the molecule is Cc1ccc2c(c1)C1OCC[C@H](c3ccc(Cl)cc3)C1CN2. The van der Waals surface area contributed by atoms with Crippen molar-refractivity contribution in [1.29, 1.82) is 0 Å². The van der Waals surface area contributed by atoms with Gasteiger partial charge >= 0.3 is 0 Å². The highest BCUT2D eigenvalue weighted by molar-refractivity contribution is 6.30. The summed E-state index contributed by atoms with van der Waals surface area (Å²) >= 11 is 6.04. The number of hydrogen-bond acceptors (Lipinski definition) is 2. The van der Waals surface area contributed by atoms with E-state index in [1.54, 1.807) is 0 Å². The summed E-state index contributed by atoms with van der Waals surface area (Å²) in [5, 5.41) is 4.40. The Morgan fingerprint density at radius 1 is 1.14 bits per heavy atom. The third-order valence-corrected chi connectivity index (χ3v) is 5.22. The zero-order chi connectivity index (χ0) is 15.1. The van der Waals surface area contributed by atoms with Crippen molar-refractivity contribution in [2.24, 2.45) is 5.92 Å². The third kappa shape index (κ3) is 2.41. The Morgan fingerprint density at radius 2 is 1.95 bits per heavy atom. The van der Waals surface area contributed by atoms with Crippen molar-refractivity contribution >= 4 is 17.3 Å². The molecule has 2 nitrogen and oxygen atoms in total. The Bertz CT molecular complexity index is 682. The molecule has 0 saturated carbocycles. The molecular weight excluding hydrogens is 294 g/mol. The van der Waals surface area contributed by atoms with Gasteiger partial charge in [0, 0.05) is 35.3 Å². The number of hydrogen-bond donors (Lipinski definition) is 1. The van der Waals surface area contributed by atoms with E-state index in [9.17, 15) is 0 Å². The summed E-state index contributed by atoms with van der Waals surface area (Å²) in [5.41, 5.74) is 5.21. The minimum absolute atomic E-state index is 0.200. The predicted molar refractivity (Wildman–Crippen MR) is 90.7 cm³/mol. The maximum Gasteiger partial charge on any atom is 0.0895 e. The standard InChI is InChI=1S/C19H20ClNO/c1-12-2-7-18-16(10-12)19-17(11-21-18)15(8-9-22-19)13-3-5-14(20)6-4-13/h2-7,10,15,17,19,21H,8-9,11H2,1H3/t15-,17?,19?/m1/s1. The van der Waals surface area contributed by atoms with Gasteiger partial charge in [-0.15, -0.1) is 0 Å². The van der Waals surface area contributed by atoms with Crippen LogP contribution in [-0.4, -0.2) is 13.2 Å². The monoisotopic (exact) mass is 313 g/mol. The molecule has 3 heteroatoms. The van der Waals surface area contributed by atoms with Gasteiger partial charge in [-0.05, 0) is 43.0 Å². The lowest BCUT2D eigenvalue weighted by atomic mass is 9.74. The van der Waals surface area contributed by atoms with Gasteiger partial charge in [0.05, 0.1) is 6.10 Å². The predicted octanol–water partition coefficient (Wildman–Crippen LogP) is 4.94. The van der Waals surface area contributed by atoms with Crippen LogP contribution in [0.3, 0.4) is 0 Å². The molecule has 1 fully saturated rings. The van der Waals surface area contributed by atoms with Crippen molar-refractivity contribution in [3.63, 3.8) is 0 Å². The highest BCUT2D eigenvalue weighted by atomic mass is 35.5. The first-order valence-electron chi connectivity index (χ1n) is 7.94. The normalized spacial score (nSPS) is 26.7. The van der Waals surface area contributed by atoms with Crippen LogP contribution >= 0.6 is 11.6 Å². The molecule has 0 radical (unpaired) electrons. The van der Waals surface area contributed by atoms with Gasteiger partial charge in [0.15, 0.2) is 0 Å². The van der Waals surface area contributed by atoms with Gasteiger partial charge in [-0.1, -0.05) is 41.4 Å². The van der Waals surface area contributed by atoms with Crippen molar-refractivity contribution in [3.8, 4) is 0 Å². The molecule has 0 spiro atoms. The van der Waals surface area contributed by atoms with E-state index in [1.165, 1.54) is 22.4 Å². The molecule has 0 amide bonds. The van der Waals surface area contributed by atoms with E-state index in [-0.39, 0.29) is 6.10 Å². The van der Waals surface area contributed by atoms with Crippen LogP contribution in [0.1, 0.15) is 35.1 Å². The van der Waals surface area contributed by atoms with Crippen LogP contribution in [0.15, 0.2) is 42.5 Å². The first-order valence-corrected chi connectivity index (χ1v) is 8.31. The average molecular weight is 314 g/mol. The van der Waals surface area contributed by atoms with Crippen LogP contribution in [0.2, 0.25) is 5.02 Å². The van der Waals surface area contributed by atoms with Gasteiger partial charge in [0.25, 0.3) is 0 Å². The second-order valence-corrected chi connectivity index (χ2v) is 6.81. The molecule has 0 aliphatic carbocycles. The van der Waals surface area contributed by atoms with Crippen molar-refractivity contribution in [2.45, 2.75) is 25.4 Å². The Morgan fingerprint density at radius 3 is 2.77 bits per heavy atom. The Hall–Kier alpha value is -1.51. The van der Waals surface area contributed by atoms with E-state index in [0.29, 0.717) is 11.8 Å². The quantitative estimate of drug-likeness (QED) is 0.805. The Balaban J connectivity index is 1.69. The summed E-state index contributed by atoms with van der Waals surface area (Å²) in [6.07, 6.45) is 1.27. The highest BCUT2D eigenvalue weighted by Gasteiger charge is 2.39. The van der Waals surface area contributed by atoms with Gasteiger partial charge in [-0.3, -0.25) is 0 Å². The molecule has 3 atom stereocenters. The van der Waals surface area contributed by atoms with Crippen LogP contribution in [0.5, 0.6) is 0 Å². The van der Waals surface area contributed by atoms with Crippen molar-refractivity contribution < 1.29 is 4.74 Å². The van der Waals surface area contributed by atoms with E-state index in [1.807, 2.05) is 12.1 Å². The molecular formula is C19H20ClNO. The second-order valence-electron chi connectivity index (χ2n) is 6.37. The zero-order valence-electron chi connectivity index (χ0n) is 12.7. The van der Waals surface area contributed by atoms with E-state index in [4.69, 9.17) is 16.3 Å². The van der Waals surface area contributed by atoms with Gasteiger partial charge in [0.1, 0.15) is 0 Å². The van der Waals surface area contributed by atoms with Crippen LogP contribution in [0, 0.1) is 12.8 Å². The van der Waals surface area contributed by atoms with E-state index < -0.39 is 0 Å². The van der Waals surface area contributed by atoms with Gasteiger partial charge in [0.2, 0.25) is 0 Å². The minimum atomic E-state index is 0.200. The Kier molecular flexibility index (Phi) is 3.59. The maximum absolute atomic E-state index is 6.17. The summed E-state index contributed by atoms with van der Waals surface area (Å²) < 4.78 is 6.17. The number of halogens is 1. The number of fused-ring (bicyclic) bond motifs is 3. The summed E-state index contributed by atoms with van der Waals surface area (Å²) in [6.45, 7) is 3.93. The molecule has 0 bridgehead atoms. The lowest BCUT2D eigenvalue weighted by Crippen LogP contribution is -2.37. The molecule has 2 aromatic carbocycles. The number of anilines is 1. The van der Waals surface area contributed by atoms with E-state index in [2.05, 4.69) is 42.6 Å².